The van der Waals surface area contributed by atoms with Gasteiger partial charge in [-0.05, 0) is 105 Å². The molecule has 1 aliphatic heterocycles. The number of benzene rings is 1. The quantitative estimate of drug-likeness (QED) is 0.210. The Bertz CT molecular complexity index is 1070. The third kappa shape index (κ3) is 5.86. The predicted molar refractivity (Wildman–Crippen MR) is 159 cm³/mol. The Balaban J connectivity index is 1.21. The van der Waals surface area contributed by atoms with Gasteiger partial charge >= 0.3 is 5.97 Å². The second-order valence-electron chi connectivity index (χ2n) is 12.8. The second kappa shape index (κ2) is 12.0. The van der Waals surface area contributed by atoms with Crippen molar-refractivity contribution >= 4 is 46.8 Å². The fraction of sp³-hybridized carbons (Fsp3) is 0.688. The Kier molecular flexibility index (Phi) is 8.88. The van der Waals surface area contributed by atoms with E-state index >= 15 is 0 Å². The zero-order valence-electron chi connectivity index (χ0n) is 23.5. The number of anilines is 1. The molecule has 3 aliphatic carbocycles. The normalized spacial score (nSPS) is 35.9. The smallest absolute Gasteiger partial charge is 0.331 e. The first kappa shape index (κ1) is 28.8. The summed E-state index contributed by atoms with van der Waals surface area (Å²) in [5, 5.41) is 3.37. The van der Waals surface area contributed by atoms with Gasteiger partial charge in [0, 0.05) is 48.6 Å². The number of hydrogen-bond donors (Lipinski definition) is 1. The Morgan fingerprint density at radius 3 is 2.59 bits per heavy atom. The summed E-state index contributed by atoms with van der Waals surface area (Å²) in [4.78, 5) is 27.2. The number of halogens is 2. The summed E-state index contributed by atoms with van der Waals surface area (Å²) in [6.45, 7) is 6.19. The number of alkyl halides is 2. The van der Waals surface area contributed by atoms with Crippen molar-refractivity contribution < 1.29 is 14.3 Å². The van der Waals surface area contributed by atoms with E-state index in [-0.39, 0.29) is 23.5 Å². The minimum absolute atomic E-state index is 0.0150. The van der Waals surface area contributed by atoms with E-state index in [0.29, 0.717) is 60.4 Å². The zero-order valence-corrected chi connectivity index (χ0v) is 25.0. The summed E-state index contributed by atoms with van der Waals surface area (Å²) >= 11 is 12.0. The van der Waals surface area contributed by atoms with Crippen LogP contribution in [0.2, 0.25) is 0 Å². The fourth-order valence-electron chi connectivity index (χ4n) is 8.84. The van der Waals surface area contributed by atoms with Gasteiger partial charge in [-0.3, -0.25) is 4.79 Å². The Hall–Kier alpha value is -1.72. The summed E-state index contributed by atoms with van der Waals surface area (Å²) in [6, 6.07) is 8.01. The van der Waals surface area contributed by atoms with Crippen LogP contribution in [0.25, 0.3) is 6.08 Å². The number of para-hydroxylation sites is 1. The maximum atomic E-state index is 12.9. The number of nitrogens with zero attached hydrogens (tertiary/aromatic N) is 1. The van der Waals surface area contributed by atoms with E-state index in [1.807, 2.05) is 30.3 Å². The van der Waals surface area contributed by atoms with Gasteiger partial charge in [-0.2, -0.15) is 0 Å². The van der Waals surface area contributed by atoms with Crippen LogP contribution in [0.4, 0.5) is 5.69 Å². The first-order valence-corrected chi connectivity index (χ1v) is 16.0. The Labute approximate surface area is 244 Å². The van der Waals surface area contributed by atoms with E-state index < -0.39 is 0 Å². The lowest BCUT2D eigenvalue weighted by atomic mass is 9.45. The van der Waals surface area contributed by atoms with E-state index in [2.05, 4.69) is 24.1 Å². The fourth-order valence-corrected chi connectivity index (χ4v) is 9.24. The van der Waals surface area contributed by atoms with Gasteiger partial charge in [-0.15, -0.1) is 23.2 Å². The Morgan fingerprint density at radius 1 is 1.05 bits per heavy atom. The van der Waals surface area contributed by atoms with Crippen LogP contribution in [0, 0.1) is 29.1 Å². The molecule has 1 saturated heterocycles. The molecule has 4 fully saturated rings. The highest BCUT2D eigenvalue weighted by molar-refractivity contribution is 6.18. The molecule has 1 N–H and O–H groups in total. The molecule has 3 saturated carbocycles. The average molecular weight is 576 g/mol. The number of nitrogens with one attached hydrogen (secondary N) is 1. The van der Waals surface area contributed by atoms with Gasteiger partial charge in [-0.1, -0.05) is 25.1 Å². The van der Waals surface area contributed by atoms with Crippen molar-refractivity contribution in [2.24, 2.45) is 29.1 Å². The van der Waals surface area contributed by atoms with Gasteiger partial charge in [0.1, 0.15) is 6.10 Å². The first-order valence-electron chi connectivity index (χ1n) is 14.9. The molecule has 0 spiro atoms. The van der Waals surface area contributed by atoms with Crippen molar-refractivity contribution in [3.8, 4) is 0 Å². The summed E-state index contributed by atoms with van der Waals surface area (Å²) in [6.07, 6.45) is 12.9. The molecule has 4 aliphatic rings. The van der Waals surface area contributed by atoms with Crippen molar-refractivity contribution in [1.82, 2.24) is 5.32 Å². The monoisotopic (exact) mass is 574 g/mol. The molecular weight excluding hydrogens is 531 g/mol. The van der Waals surface area contributed by atoms with Crippen molar-refractivity contribution in [2.75, 3.05) is 29.7 Å². The number of carbonyl (C=O) groups is 2. The SMILES string of the molecule is C[C@@]12CC[C@H](OC(=O)/C=C\c3ccccc3N(CCCl)CCCl)C[C@@H]1CC[C@H]1[C@H]3CCC(=O)N[C@]3(C)CC[C@@H]12. The third-order valence-electron chi connectivity index (χ3n) is 10.8. The summed E-state index contributed by atoms with van der Waals surface area (Å²) in [5.41, 5.74) is 2.26. The predicted octanol–water partition coefficient (Wildman–Crippen LogP) is 6.81. The van der Waals surface area contributed by atoms with Crippen LogP contribution in [-0.2, 0) is 14.3 Å². The molecule has 7 heteroatoms. The van der Waals surface area contributed by atoms with E-state index in [4.69, 9.17) is 27.9 Å². The van der Waals surface area contributed by atoms with Crippen LogP contribution in [0.5, 0.6) is 0 Å². The van der Waals surface area contributed by atoms with Crippen LogP contribution < -0.4 is 10.2 Å². The number of hydrogen-bond acceptors (Lipinski definition) is 4. The summed E-state index contributed by atoms with van der Waals surface area (Å²) in [5.74, 6) is 3.59. The van der Waals surface area contributed by atoms with Crippen LogP contribution in [-0.4, -0.2) is 48.4 Å². The van der Waals surface area contributed by atoms with Gasteiger partial charge in [0.05, 0.1) is 0 Å². The molecule has 0 bridgehead atoms. The lowest BCUT2D eigenvalue weighted by Gasteiger charge is -2.62. The molecular formula is C32H44Cl2N2O3. The minimum atomic E-state index is -0.264. The van der Waals surface area contributed by atoms with Gasteiger partial charge in [0.2, 0.25) is 5.91 Å². The van der Waals surface area contributed by atoms with Crippen molar-refractivity contribution in [1.29, 1.82) is 0 Å². The van der Waals surface area contributed by atoms with Crippen LogP contribution in [0.3, 0.4) is 0 Å². The largest absolute Gasteiger partial charge is 0.459 e. The van der Waals surface area contributed by atoms with Crippen LogP contribution in [0.15, 0.2) is 30.3 Å². The van der Waals surface area contributed by atoms with Crippen molar-refractivity contribution in [3.63, 3.8) is 0 Å². The molecule has 214 valence electrons. The highest BCUT2D eigenvalue weighted by Gasteiger charge is 2.58. The van der Waals surface area contributed by atoms with Crippen molar-refractivity contribution in [3.05, 3.63) is 35.9 Å². The molecule has 7 atom stereocenters. The van der Waals surface area contributed by atoms with E-state index in [1.165, 1.54) is 19.3 Å². The topological polar surface area (TPSA) is 58.6 Å². The van der Waals surface area contributed by atoms with E-state index in [0.717, 1.165) is 43.4 Å². The van der Waals surface area contributed by atoms with Crippen molar-refractivity contribution in [2.45, 2.75) is 83.3 Å². The molecule has 5 nitrogen and oxygen atoms in total. The van der Waals surface area contributed by atoms with Gasteiger partial charge in [0.15, 0.2) is 0 Å². The van der Waals surface area contributed by atoms with E-state index in [1.54, 1.807) is 6.08 Å². The standard InChI is InChI=1S/C32H44Cl2N2O3/c1-31-15-13-24(39-30(38)12-7-22-5-3-4-6-28(22)36(19-17-33)20-18-34)21-23(31)8-9-25-26(31)14-16-32(2)27(25)10-11-29(37)35-32/h3-7,12,23-27H,8-11,13-21H2,1-2H3,(H,35,37)/b12-7-/t23-,24-,25+,26-,27+,31+,32+/m0/s1. The highest BCUT2D eigenvalue weighted by Crippen LogP contribution is 2.62. The number of esters is 1. The summed E-state index contributed by atoms with van der Waals surface area (Å²) in [7, 11) is 0. The molecule has 5 rings (SSSR count). The number of carbonyl (C=O) groups excluding carboxylic acids is 2. The maximum absolute atomic E-state index is 12.9. The maximum Gasteiger partial charge on any atom is 0.331 e. The molecule has 0 unspecified atom stereocenters. The first-order chi connectivity index (χ1) is 18.8. The number of amides is 1. The molecule has 1 aromatic carbocycles. The second-order valence-corrected chi connectivity index (χ2v) is 13.5. The lowest BCUT2D eigenvalue weighted by Crippen LogP contribution is -2.63. The van der Waals surface area contributed by atoms with E-state index in [9.17, 15) is 9.59 Å². The molecule has 0 aromatic heterocycles. The van der Waals surface area contributed by atoms with Crippen LogP contribution in [0.1, 0.15) is 77.2 Å². The minimum Gasteiger partial charge on any atom is -0.459 e. The average Bonchev–Trinajstić information content (AvgIpc) is 2.91. The molecule has 39 heavy (non-hydrogen) atoms. The number of ether oxygens (including phenoxy) is 1. The van der Waals surface area contributed by atoms with Gasteiger partial charge in [-0.25, -0.2) is 4.79 Å². The summed E-state index contributed by atoms with van der Waals surface area (Å²) < 4.78 is 6.02. The third-order valence-corrected chi connectivity index (χ3v) is 11.1. The van der Waals surface area contributed by atoms with Gasteiger partial charge in [0.25, 0.3) is 0 Å². The van der Waals surface area contributed by atoms with Crippen LogP contribution >= 0.6 is 23.2 Å². The highest BCUT2D eigenvalue weighted by atomic mass is 35.5. The molecule has 0 radical (unpaired) electrons. The van der Waals surface area contributed by atoms with Gasteiger partial charge < -0.3 is 15.0 Å². The number of rotatable bonds is 8. The number of piperidine rings is 1. The Morgan fingerprint density at radius 2 is 1.82 bits per heavy atom. The molecule has 1 aromatic rings. The number of fused-ring (bicyclic) bond motifs is 5. The zero-order chi connectivity index (χ0) is 27.6. The molecule has 1 heterocycles. The lowest BCUT2D eigenvalue weighted by molar-refractivity contribution is -0.158. The molecule has 1 amide bonds.